The summed E-state index contributed by atoms with van der Waals surface area (Å²) in [6, 6.07) is 12.0. The van der Waals surface area contributed by atoms with Crippen molar-refractivity contribution >= 4 is 0 Å². The normalized spacial score (nSPS) is 10.6. The summed E-state index contributed by atoms with van der Waals surface area (Å²) in [5.74, 6) is 2.72. The molecule has 0 aliphatic rings. The summed E-state index contributed by atoms with van der Waals surface area (Å²) < 4.78 is 11.5. The zero-order chi connectivity index (χ0) is 13.5. The first-order valence-electron chi connectivity index (χ1n) is 6.76. The van der Waals surface area contributed by atoms with E-state index < -0.39 is 0 Å². The van der Waals surface area contributed by atoms with Crippen molar-refractivity contribution in [1.29, 1.82) is 0 Å². The molecule has 0 amide bonds. The lowest BCUT2D eigenvalue weighted by molar-refractivity contribution is 0.263. The molecule has 0 atom stereocenters. The second-order valence-electron chi connectivity index (χ2n) is 4.60. The zero-order valence-electron chi connectivity index (χ0n) is 11.6. The van der Waals surface area contributed by atoms with Crippen LogP contribution in [0.25, 0.3) is 0 Å². The third-order valence-corrected chi connectivity index (χ3v) is 2.91. The Kier molecular flexibility index (Phi) is 5.04. The summed E-state index contributed by atoms with van der Waals surface area (Å²) in [4.78, 5) is 0. The van der Waals surface area contributed by atoms with Crippen molar-refractivity contribution in [3.63, 3.8) is 0 Å². The van der Waals surface area contributed by atoms with Gasteiger partial charge in [-0.2, -0.15) is 0 Å². The molecule has 0 spiro atoms. The summed E-state index contributed by atoms with van der Waals surface area (Å²) in [5, 5.41) is 3.31. The first-order valence-corrected chi connectivity index (χ1v) is 6.76. The monoisotopic (exact) mass is 259 g/mol. The van der Waals surface area contributed by atoms with Gasteiger partial charge in [0.05, 0.1) is 6.54 Å². The number of para-hydroxylation sites is 1. The molecule has 1 aromatic heterocycles. The topological polar surface area (TPSA) is 34.4 Å². The standard InChI is InChI=1S/C16H21NO2/c1-3-10-17-11-14-8-9-15(19-14)12-18-16-7-5-4-6-13(16)2/h4-9,17H,3,10-12H2,1-2H3. The van der Waals surface area contributed by atoms with Gasteiger partial charge in [0.2, 0.25) is 0 Å². The van der Waals surface area contributed by atoms with E-state index >= 15 is 0 Å². The summed E-state index contributed by atoms with van der Waals surface area (Å²) in [6.07, 6.45) is 1.13. The summed E-state index contributed by atoms with van der Waals surface area (Å²) in [6.45, 7) is 6.45. The van der Waals surface area contributed by atoms with Crippen molar-refractivity contribution < 1.29 is 9.15 Å². The van der Waals surface area contributed by atoms with Crippen LogP contribution in [0.5, 0.6) is 5.75 Å². The quantitative estimate of drug-likeness (QED) is 0.770. The largest absolute Gasteiger partial charge is 0.485 e. The predicted molar refractivity (Wildman–Crippen MR) is 76.2 cm³/mol. The Balaban J connectivity index is 1.85. The third-order valence-electron chi connectivity index (χ3n) is 2.91. The maximum absolute atomic E-state index is 5.75. The lowest BCUT2D eigenvalue weighted by Crippen LogP contribution is -2.13. The fourth-order valence-corrected chi connectivity index (χ4v) is 1.85. The molecule has 0 saturated carbocycles. The van der Waals surface area contributed by atoms with Crippen LogP contribution in [0.15, 0.2) is 40.8 Å². The molecule has 1 aromatic carbocycles. The maximum atomic E-state index is 5.75. The van der Waals surface area contributed by atoms with Crippen LogP contribution in [-0.2, 0) is 13.2 Å². The number of furan rings is 1. The van der Waals surface area contributed by atoms with Crippen molar-refractivity contribution in [2.75, 3.05) is 6.54 Å². The summed E-state index contributed by atoms with van der Waals surface area (Å²) in [5.41, 5.74) is 1.14. The van der Waals surface area contributed by atoms with E-state index in [4.69, 9.17) is 9.15 Å². The highest BCUT2D eigenvalue weighted by atomic mass is 16.5. The Morgan fingerprint density at radius 3 is 2.68 bits per heavy atom. The smallest absolute Gasteiger partial charge is 0.146 e. The van der Waals surface area contributed by atoms with E-state index in [-0.39, 0.29) is 0 Å². The molecular weight excluding hydrogens is 238 g/mol. The second-order valence-corrected chi connectivity index (χ2v) is 4.60. The van der Waals surface area contributed by atoms with E-state index in [0.29, 0.717) is 6.61 Å². The maximum Gasteiger partial charge on any atom is 0.146 e. The van der Waals surface area contributed by atoms with Crippen LogP contribution in [0.2, 0.25) is 0 Å². The SMILES string of the molecule is CCCNCc1ccc(COc2ccccc2C)o1. The van der Waals surface area contributed by atoms with E-state index in [1.807, 2.05) is 43.3 Å². The Bertz CT molecular complexity index is 505. The minimum absolute atomic E-state index is 0.471. The summed E-state index contributed by atoms with van der Waals surface area (Å²) >= 11 is 0. The molecule has 0 fully saturated rings. The second kappa shape index (κ2) is 7.00. The number of rotatable bonds is 7. The fraction of sp³-hybridized carbons (Fsp3) is 0.375. The van der Waals surface area contributed by atoms with Gasteiger partial charge in [0.15, 0.2) is 0 Å². The third kappa shape index (κ3) is 4.14. The number of ether oxygens (including phenoxy) is 1. The minimum Gasteiger partial charge on any atom is -0.485 e. The molecule has 1 heterocycles. The molecule has 3 heteroatoms. The average molecular weight is 259 g/mol. The van der Waals surface area contributed by atoms with Crippen LogP contribution in [0.1, 0.15) is 30.4 Å². The molecule has 0 unspecified atom stereocenters. The van der Waals surface area contributed by atoms with E-state index in [0.717, 1.165) is 42.3 Å². The van der Waals surface area contributed by atoms with Gasteiger partial charge in [-0.3, -0.25) is 0 Å². The van der Waals surface area contributed by atoms with Crippen molar-refractivity contribution in [2.24, 2.45) is 0 Å². The van der Waals surface area contributed by atoms with Gasteiger partial charge < -0.3 is 14.5 Å². The van der Waals surface area contributed by atoms with Crippen LogP contribution in [0, 0.1) is 6.92 Å². The van der Waals surface area contributed by atoms with Gasteiger partial charge in [-0.25, -0.2) is 0 Å². The van der Waals surface area contributed by atoms with Crippen LogP contribution in [0.3, 0.4) is 0 Å². The van der Waals surface area contributed by atoms with Crippen LogP contribution >= 0.6 is 0 Å². The Labute approximate surface area is 114 Å². The predicted octanol–water partition coefficient (Wildman–Crippen LogP) is 3.67. The van der Waals surface area contributed by atoms with Gasteiger partial charge in [0, 0.05) is 0 Å². The van der Waals surface area contributed by atoms with Crippen molar-refractivity contribution in [3.05, 3.63) is 53.5 Å². The molecule has 102 valence electrons. The molecular formula is C16H21NO2. The van der Waals surface area contributed by atoms with E-state index in [2.05, 4.69) is 12.2 Å². The van der Waals surface area contributed by atoms with Crippen LogP contribution in [0.4, 0.5) is 0 Å². The molecule has 2 rings (SSSR count). The Morgan fingerprint density at radius 2 is 1.89 bits per heavy atom. The van der Waals surface area contributed by atoms with Crippen molar-refractivity contribution in [1.82, 2.24) is 5.32 Å². The van der Waals surface area contributed by atoms with Gasteiger partial charge in [-0.15, -0.1) is 0 Å². The van der Waals surface area contributed by atoms with Gasteiger partial charge in [-0.1, -0.05) is 25.1 Å². The highest BCUT2D eigenvalue weighted by Gasteiger charge is 2.04. The first-order chi connectivity index (χ1) is 9.29. The van der Waals surface area contributed by atoms with E-state index in [1.54, 1.807) is 0 Å². The minimum atomic E-state index is 0.471. The lowest BCUT2D eigenvalue weighted by Gasteiger charge is -2.06. The Morgan fingerprint density at radius 1 is 1.11 bits per heavy atom. The fourth-order valence-electron chi connectivity index (χ4n) is 1.85. The Hall–Kier alpha value is -1.74. The highest BCUT2D eigenvalue weighted by molar-refractivity contribution is 5.31. The molecule has 0 bridgehead atoms. The molecule has 0 saturated heterocycles. The lowest BCUT2D eigenvalue weighted by atomic mass is 10.2. The van der Waals surface area contributed by atoms with Crippen molar-refractivity contribution in [2.45, 2.75) is 33.4 Å². The van der Waals surface area contributed by atoms with Gasteiger partial charge in [-0.05, 0) is 43.7 Å². The molecule has 0 aliphatic heterocycles. The molecule has 0 radical (unpaired) electrons. The number of hydrogen-bond donors (Lipinski definition) is 1. The number of nitrogens with one attached hydrogen (secondary N) is 1. The molecule has 3 nitrogen and oxygen atoms in total. The van der Waals surface area contributed by atoms with Gasteiger partial charge in [0.1, 0.15) is 23.9 Å². The molecule has 0 aliphatic carbocycles. The van der Waals surface area contributed by atoms with Gasteiger partial charge in [0.25, 0.3) is 0 Å². The zero-order valence-corrected chi connectivity index (χ0v) is 11.6. The average Bonchev–Trinajstić information content (AvgIpc) is 2.86. The molecule has 19 heavy (non-hydrogen) atoms. The van der Waals surface area contributed by atoms with Gasteiger partial charge >= 0.3 is 0 Å². The van der Waals surface area contributed by atoms with Crippen LogP contribution in [-0.4, -0.2) is 6.54 Å². The van der Waals surface area contributed by atoms with E-state index in [9.17, 15) is 0 Å². The molecule has 1 N–H and O–H groups in total. The number of benzene rings is 1. The number of aryl methyl sites for hydroxylation is 1. The first kappa shape index (κ1) is 13.7. The van der Waals surface area contributed by atoms with Crippen molar-refractivity contribution in [3.8, 4) is 5.75 Å². The highest BCUT2D eigenvalue weighted by Crippen LogP contribution is 2.18. The van der Waals surface area contributed by atoms with E-state index in [1.165, 1.54) is 0 Å². The van der Waals surface area contributed by atoms with Crippen LogP contribution < -0.4 is 10.1 Å². The summed E-state index contributed by atoms with van der Waals surface area (Å²) in [7, 11) is 0. The number of hydrogen-bond acceptors (Lipinski definition) is 3. The molecule has 2 aromatic rings.